The molecule has 0 bridgehead atoms. The maximum absolute atomic E-state index is 13.2. The number of fused-ring (bicyclic) bond motifs is 1. The highest BCUT2D eigenvalue weighted by molar-refractivity contribution is 7.98. The van der Waals surface area contributed by atoms with Gasteiger partial charge >= 0.3 is 4.87 Å². The van der Waals surface area contributed by atoms with E-state index < -0.39 is 10.0 Å². The fraction of sp³-hybridized carbons (Fsp3) is 0.391. The van der Waals surface area contributed by atoms with E-state index in [0.29, 0.717) is 29.0 Å². The standard InChI is InChI=1S/C23H27N3O4S3/c1-15(2)26-19-9-7-16(13-21(19)32-23(26)28)24-33(29,30)17-8-10-20(31-3)18(14-17)22(27)25-11-5-4-6-12-25/h7-10,13-15,24H,4-6,11-12H2,1-3H3. The Morgan fingerprint density at radius 3 is 2.48 bits per heavy atom. The molecule has 1 amide bonds. The van der Waals surface area contributed by atoms with Crippen LogP contribution in [0.4, 0.5) is 5.69 Å². The van der Waals surface area contributed by atoms with Gasteiger partial charge in [0.1, 0.15) is 0 Å². The van der Waals surface area contributed by atoms with Crippen molar-refractivity contribution in [1.82, 2.24) is 9.47 Å². The number of likely N-dealkylation sites (tertiary alicyclic amines) is 1. The molecule has 1 aromatic heterocycles. The lowest BCUT2D eigenvalue weighted by Gasteiger charge is -2.27. The number of hydrogen-bond acceptors (Lipinski definition) is 6. The van der Waals surface area contributed by atoms with Gasteiger partial charge in [0.2, 0.25) is 0 Å². The Hall–Kier alpha value is -2.30. The molecule has 0 saturated carbocycles. The molecule has 0 aliphatic carbocycles. The zero-order chi connectivity index (χ0) is 23.8. The summed E-state index contributed by atoms with van der Waals surface area (Å²) in [7, 11) is -3.92. The minimum atomic E-state index is -3.92. The highest BCUT2D eigenvalue weighted by atomic mass is 32.2. The molecule has 4 rings (SSSR count). The van der Waals surface area contributed by atoms with Crippen molar-refractivity contribution < 1.29 is 13.2 Å². The average molecular weight is 506 g/mol. The number of thioether (sulfide) groups is 1. The number of anilines is 1. The highest BCUT2D eigenvalue weighted by Crippen LogP contribution is 2.29. The van der Waals surface area contributed by atoms with Crippen LogP contribution in [0.5, 0.6) is 0 Å². The van der Waals surface area contributed by atoms with E-state index in [1.165, 1.54) is 23.9 Å². The number of carbonyl (C=O) groups is 1. The Morgan fingerprint density at radius 2 is 1.82 bits per heavy atom. The third-order valence-corrected chi connectivity index (χ3v) is 8.83. The Morgan fingerprint density at radius 1 is 1.09 bits per heavy atom. The smallest absolute Gasteiger partial charge is 0.308 e. The molecule has 0 unspecified atom stereocenters. The molecule has 33 heavy (non-hydrogen) atoms. The van der Waals surface area contributed by atoms with Gasteiger partial charge in [0.25, 0.3) is 15.9 Å². The van der Waals surface area contributed by atoms with Crippen molar-refractivity contribution >= 4 is 54.9 Å². The second kappa shape index (κ2) is 9.52. The van der Waals surface area contributed by atoms with Crippen LogP contribution in [-0.4, -0.2) is 43.1 Å². The van der Waals surface area contributed by atoms with E-state index in [1.54, 1.807) is 33.7 Å². The molecule has 1 fully saturated rings. The summed E-state index contributed by atoms with van der Waals surface area (Å²) in [6, 6.07) is 9.78. The number of rotatable bonds is 6. The van der Waals surface area contributed by atoms with Crippen LogP contribution in [0.15, 0.2) is 51.0 Å². The van der Waals surface area contributed by atoms with Gasteiger partial charge in [-0.25, -0.2) is 8.42 Å². The third-order valence-electron chi connectivity index (χ3n) is 5.74. The van der Waals surface area contributed by atoms with Crippen molar-refractivity contribution in [3.05, 3.63) is 51.6 Å². The van der Waals surface area contributed by atoms with Gasteiger partial charge < -0.3 is 4.90 Å². The van der Waals surface area contributed by atoms with Crippen molar-refractivity contribution in [1.29, 1.82) is 0 Å². The number of piperidine rings is 1. The van der Waals surface area contributed by atoms with E-state index in [4.69, 9.17) is 0 Å². The van der Waals surface area contributed by atoms with E-state index >= 15 is 0 Å². The first kappa shape index (κ1) is 23.8. The SMILES string of the molecule is CSc1ccc(S(=O)(=O)Nc2ccc3c(c2)sc(=O)n3C(C)C)cc1C(=O)N1CCCCC1. The van der Waals surface area contributed by atoms with E-state index in [-0.39, 0.29) is 21.7 Å². The molecule has 7 nitrogen and oxygen atoms in total. The summed E-state index contributed by atoms with van der Waals surface area (Å²) in [5.41, 5.74) is 1.56. The first-order valence-electron chi connectivity index (χ1n) is 10.9. The van der Waals surface area contributed by atoms with Crippen LogP contribution in [0, 0.1) is 0 Å². The van der Waals surface area contributed by atoms with Crippen LogP contribution in [0.2, 0.25) is 0 Å². The Bertz CT molecular complexity index is 1350. The molecule has 0 atom stereocenters. The van der Waals surface area contributed by atoms with Gasteiger partial charge in [-0.3, -0.25) is 18.9 Å². The summed E-state index contributed by atoms with van der Waals surface area (Å²) < 4.78 is 31.3. The molecule has 3 aromatic rings. The number of aromatic nitrogens is 1. The zero-order valence-corrected chi connectivity index (χ0v) is 21.3. The third kappa shape index (κ3) is 4.83. The van der Waals surface area contributed by atoms with Gasteiger partial charge in [0.15, 0.2) is 0 Å². The number of hydrogen-bond donors (Lipinski definition) is 1. The van der Waals surface area contributed by atoms with Gasteiger partial charge in [0.05, 0.1) is 26.4 Å². The van der Waals surface area contributed by atoms with Crippen molar-refractivity contribution in [2.75, 3.05) is 24.1 Å². The monoisotopic (exact) mass is 505 g/mol. The zero-order valence-electron chi connectivity index (χ0n) is 18.8. The van der Waals surface area contributed by atoms with Crippen LogP contribution in [0.25, 0.3) is 10.2 Å². The number of amides is 1. The summed E-state index contributed by atoms with van der Waals surface area (Å²) in [4.78, 5) is 27.9. The first-order chi connectivity index (χ1) is 15.7. The van der Waals surface area contributed by atoms with Crippen LogP contribution < -0.4 is 9.60 Å². The topological polar surface area (TPSA) is 88.5 Å². The van der Waals surface area contributed by atoms with E-state index in [0.717, 1.165) is 41.0 Å². The van der Waals surface area contributed by atoms with Crippen molar-refractivity contribution in [3.8, 4) is 0 Å². The van der Waals surface area contributed by atoms with Gasteiger partial charge in [-0.05, 0) is 75.8 Å². The summed E-state index contributed by atoms with van der Waals surface area (Å²) in [6.45, 7) is 5.26. The van der Waals surface area contributed by atoms with Crippen LogP contribution in [0.1, 0.15) is 49.5 Å². The van der Waals surface area contributed by atoms with Crippen LogP contribution in [0.3, 0.4) is 0 Å². The number of thiazole rings is 1. The van der Waals surface area contributed by atoms with Gasteiger partial charge in [0, 0.05) is 24.0 Å². The molecule has 0 spiro atoms. The molecule has 2 heterocycles. The van der Waals surface area contributed by atoms with Crippen LogP contribution in [-0.2, 0) is 10.0 Å². The number of carbonyl (C=O) groups excluding carboxylic acids is 1. The number of nitrogens with one attached hydrogen (secondary N) is 1. The first-order valence-corrected chi connectivity index (χ1v) is 14.4. The lowest BCUT2D eigenvalue weighted by atomic mass is 10.1. The molecule has 10 heteroatoms. The molecular weight excluding hydrogens is 478 g/mol. The van der Waals surface area contributed by atoms with E-state index in [9.17, 15) is 18.0 Å². The summed E-state index contributed by atoms with van der Waals surface area (Å²) >= 11 is 2.51. The van der Waals surface area contributed by atoms with Crippen molar-refractivity contribution in [3.63, 3.8) is 0 Å². The van der Waals surface area contributed by atoms with Gasteiger partial charge in [-0.2, -0.15) is 0 Å². The number of benzene rings is 2. The molecule has 1 saturated heterocycles. The largest absolute Gasteiger partial charge is 0.339 e. The molecule has 1 aliphatic heterocycles. The highest BCUT2D eigenvalue weighted by Gasteiger charge is 2.24. The predicted molar refractivity (Wildman–Crippen MR) is 135 cm³/mol. The summed E-state index contributed by atoms with van der Waals surface area (Å²) in [5.74, 6) is -0.127. The number of nitrogens with zero attached hydrogens (tertiary/aromatic N) is 2. The van der Waals surface area contributed by atoms with E-state index in [1.807, 2.05) is 20.1 Å². The fourth-order valence-corrected chi connectivity index (χ4v) is 6.79. The normalized spacial score (nSPS) is 14.7. The summed E-state index contributed by atoms with van der Waals surface area (Å²) in [5, 5.41) is 0. The molecule has 0 radical (unpaired) electrons. The maximum atomic E-state index is 13.2. The molecule has 2 aromatic carbocycles. The Labute approximate surface area is 201 Å². The minimum Gasteiger partial charge on any atom is -0.339 e. The molecule has 1 N–H and O–H groups in total. The molecule has 176 valence electrons. The second-order valence-corrected chi connectivity index (χ2v) is 11.9. The quantitative estimate of drug-likeness (QED) is 0.487. The fourth-order valence-electron chi connectivity index (χ4n) is 4.09. The average Bonchev–Trinajstić information content (AvgIpc) is 3.13. The lowest BCUT2D eigenvalue weighted by Crippen LogP contribution is -2.36. The van der Waals surface area contributed by atoms with Gasteiger partial charge in [-0.15, -0.1) is 11.8 Å². The minimum absolute atomic E-state index is 0.0135. The Balaban J connectivity index is 1.65. The lowest BCUT2D eigenvalue weighted by molar-refractivity contribution is 0.0720. The summed E-state index contributed by atoms with van der Waals surface area (Å²) in [6.07, 6.45) is 4.91. The van der Waals surface area contributed by atoms with Crippen LogP contribution >= 0.6 is 23.1 Å². The Kier molecular flexibility index (Phi) is 6.88. The van der Waals surface area contributed by atoms with Crippen molar-refractivity contribution in [2.24, 2.45) is 0 Å². The van der Waals surface area contributed by atoms with Gasteiger partial charge in [-0.1, -0.05) is 11.3 Å². The maximum Gasteiger partial charge on any atom is 0.308 e. The number of sulfonamides is 1. The molecular formula is C23H27N3O4S3. The van der Waals surface area contributed by atoms with Crippen molar-refractivity contribution in [2.45, 2.75) is 48.9 Å². The second-order valence-electron chi connectivity index (χ2n) is 8.33. The molecule has 1 aliphatic rings. The predicted octanol–water partition coefficient (Wildman–Crippen LogP) is 4.79. The van der Waals surface area contributed by atoms with E-state index in [2.05, 4.69) is 4.72 Å².